The molecular weight excluding hydrogens is 266 g/mol. The number of carboxylic acid groups (broad SMARTS) is 1. The van der Waals surface area contributed by atoms with Crippen molar-refractivity contribution in [3.63, 3.8) is 0 Å². The van der Waals surface area contributed by atoms with Crippen molar-refractivity contribution in [2.24, 2.45) is 0 Å². The van der Waals surface area contributed by atoms with E-state index in [0.29, 0.717) is 25.9 Å². The fraction of sp³-hybridized carbons (Fsp3) is 0.583. The monoisotopic (exact) mass is 283 g/mol. The minimum atomic E-state index is -1.10. The lowest BCUT2D eigenvalue weighted by Crippen LogP contribution is -2.53. The van der Waals surface area contributed by atoms with Crippen LogP contribution in [0.5, 0.6) is 0 Å². The van der Waals surface area contributed by atoms with Crippen molar-refractivity contribution in [2.45, 2.75) is 38.8 Å². The third-order valence-electron chi connectivity index (χ3n) is 3.43. The first kappa shape index (κ1) is 13.8. The molecule has 104 valence electrons. The number of aliphatic carboxylic acids is 1. The maximum absolute atomic E-state index is 12.1. The summed E-state index contributed by atoms with van der Waals surface area (Å²) in [4.78, 5) is 29.0. The van der Waals surface area contributed by atoms with Crippen molar-refractivity contribution in [2.75, 3.05) is 6.54 Å². The van der Waals surface area contributed by atoms with Crippen LogP contribution in [0.4, 0.5) is 4.79 Å². The number of nitrogens with zero attached hydrogens (tertiary/aromatic N) is 2. The van der Waals surface area contributed by atoms with Crippen molar-refractivity contribution in [3.8, 4) is 0 Å². The predicted octanol–water partition coefficient (Wildman–Crippen LogP) is 1.60. The third kappa shape index (κ3) is 2.70. The molecule has 1 atom stereocenters. The van der Waals surface area contributed by atoms with Gasteiger partial charge in [0.25, 0.3) is 0 Å². The second-order valence-corrected chi connectivity index (χ2v) is 5.91. The van der Waals surface area contributed by atoms with E-state index in [1.54, 1.807) is 6.92 Å². The molecule has 0 radical (unpaired) electrons. The molecular formula is C12H17N3O3S. The van der Waals surface area contributed by atoms with Gasteiger partial charge in [-0.2, -0.15) is 0 Å². The first-order valence-electron chi connectivity index (χ1n) is 6.13. The van der Waals surface area contributed by atoms with Crippen molar-refractivity contribution < 1.29 is 14.7 Å². The zero-order valence-electron chi connectivity index (χ0n) is 11.0. The number of amides is 2. The standard InChI is InChI=1S/C12H17N3O3S/c1-8-14-9(7-19-8)6-13-11(18)15-5-3-4-12(15,2)10(16)17/h7H,3-6H2,1-2H3,(H,13,18)(H,16,17). The fourth-order valence-corrected chi connectivity index (χ4v) is 2.87. The zero-order valence-corrected chi connectivity index (χ0v) is 11.8. The number of carbonyl (C=O) groups is 2. The van der Waals surface area contributed by atoms with E-state index in [-0.39, 0.29) is 6.03 Å². The van der Waals surface area contributed by atoms with Gasteiger partial charge in [0, 0.05) is 11.9 Å². The molecule has 1 aliphatic heterocycles. The minimum absolute atomic E-state index is 0.329. The fourth-order valence-electron chi connectivity index (χ4n) is 2.26. The first-order chi connectivity index (χ1) is 8.93. The summed E-state index contributed by atoms with van der Waals surface area (Å²) in [7, 11) is 0. The van der Waals surface area contributed by atoms with Gasteiger partial charge in [-0.25, -0.2) is 14.6 Å². The summed E-state index contributed by atoms with van der Waals surface area (Å²) in [5, 5.41) is 14.8. The highest BCUT2D eigenvalue weighted by atomic mass is 32.1. The van der Waals surface area contributed by atoms with Gasteiger partial charge >= 0.3 is 12.0 Å². The zero-order chi connectivity index (χ0) is 14.0. The average Bonchev–Trinajstić information content (AvgIpc) is 2.93. The molecule has 0 aromatic carbocycles. The second-order valence-electron chi connectivity index (χ2n) is 4.85. The Bertz CT molecular complexity index is 502. The summed E-state index contributed by atoms with van der Waals surface area (Å²) < 4.78 is 0. The molecule has 2 heterocycles. The minimum Gasteiger partial charge on any atom is -0.480 e. The molecule has 0 aliphatic carbocycles. The van der Waals surface area contributed by atoms with Crippen LogP contribution in [0.15, 0.2) is 5.38 Å². The van der Waals surface area contributed by atoms with E-state index in [1.807, 2.05) is 12.3 Å². The van der Waals surface area contributed by atoms with E-state index in [1.165, 1.54) is 16.2 Å². The molecule has 1 aromatic rings. The SMILES string of the molecule is Cc1nc(CNC(=O)N2CCCC2(C)C(=O)O)cs1. The smallest absolute Gasteiger partial charge is 0.329 e. The molecule has 1 unspecified atom stereocenters. The van der Waals surface area contributed by atoms with Crippen LogP contribution in [-0.2, 0) is 11.3 Å². The molecule has 7 heteroatoms. The van der Waals surface area contributed by atoms with Gasteiger partial charge in [0.1, 0.15) is 5.54 Å². The number of urea groups is 1. The normalized spacial score (nSPS) is 22.5. The number of nitrogens with one attached hydrogen (secondary N) is 1. The Morgan fingerprint density at radius 1 is 1.63 bits per heavy atom. The number of hydrogen-bond acceptors (Lipinski definition) is 4. The molecule has 2 rings (SSSR count). The number of carboxylic acids is 1. The maximum Gasteiger partial charge on any atom is 0.329 e. The molecule has 1 aliphatic rings. The molecule has 1 aromatic heterocycles. The first-order valence-corrected chi connectivity index (χ1v) is 7.01. The van der Waals surface area contributed by atoms with Crippen LogP contribution >= 0.6 is 11.3 Å². The summed E-state index contributed by atoms with van der Waals surface area (Å²) >= 11 is 1.52. The summed E-state index contributed by atoms with van der Waals surface area (Å²) in [6, 6.07) is -0.340. The van der Waals surface area contributed by atoms with Gasteiger partial charge in [-0.15, -0.1) is 11.3 Å². The molecule has 0 bridgehead atoms. The quantitative estimate of drug-likeness (QED) is 0.882. The van der Waals surface area contributed by atoms with Crippen molar-refractivity contribution in [3.05, 3.63) is 16.1 Å². The van der Waals surface area contributed by atoms with Gasteiger partial charge in [0.05, 0.1) is 17.2 Å². The Kier molecular flexibility index (Phi) is 3.75. The molecule has 19 heavy (non-hydrogen) atoms. The van der Waals surface area contributed by atoms with E-state index < -0.39 is 11.5 Å². The second kappa shape index (κ2) is 5.16. The highest BCUT2D eigenvalue weighted by Gasteiger charge is 2.45. The van der Waals surface area contributed by atoms with Gasteiger partial charge < -0.3 is 15.3 Å². The average molecular weight is 283 g/mol. The Morgan fingerprint density at radius 2 is 2.37 bits per heavy atom. The van der Waals surface area contributed by atoms with Gasteiger partial charge in [-0.3, -0.25) is 0 Å². The largest absolute Gasteiger partial charge is 0.480 e. The third-order valence-corrected chi connectivity index (χ3v) is 4.26. The molecule has 1 saturated heterocycles. The lowest BCUT2D eigenvalue weighted by molar-refractivity contribution is -0.147. The molecule has 2 N–H and O–H groups in total. The van der Waals surface area contributed by atoms with Crippen LogP contribution in [0.1, 0.15) is 30.5 Å². The van der Waals surface area contributed by atoms with E-state index in [0.717, 1.165) is 10.7 Å². The van der Waals surface area contributed by atoms with Gasteiger partial charge in [-0.05, 0) is 26.7 Å². The van der Waals surface area contributed by atoms with E-state index in [4.69, 9.17) is 0 Å². The number of aromatic nitrogens is 1. The van der Waals surface area contributed by atoms with Crippen LogP contribution in [0.3, 0.4) is 0 Å². The molecule has 6 nitrogen and oxygen atoms in total. The number of hydrogen-bond donors (Lipinski definition) is 2. The van der Waals surface area contributed by atoms with Gasteiger partial charge in [0.15, 0.2) is 0 Å². The number of thiazole rings is 1. The van der Waals surface area contributed by atoms with Crippen LogP contribution in [0.25, 0.3) is 0 Å². The van der Waals surface area contributed by atoms with Crippen molar-refractivity contribution >= 4 is 23.3 Å². The highest BCUT2D eigenvalue weighted by Crippen LogP contribution is 2.29. The summed E-state index contributed by atoms with van der Waals surface area (Å²) in [6.07, 6.45) is 1.21. The molecule has 1 fully saturated rings. The Morgan fingerprint density at radius 3 is 2.95 bits per heavy atom. The van der Waals surface area contributed by atoms with Gasteiger partial charge in [0.2, 0.25) is 0 Å². The van der Waals surface area contributed by atoms with Crippen LogP contribution in [0, 0.1) is 6.92 Å². The van der Waals surface area contributed by atoms with Crippen LogP contribution in [0.2, 0.25) is 0 Å². The molecule has 0 saturated carbocycles. The van der Waals surface area contributed by atoms with Crippen LogP contribution in [-0.4, -0.2) is 39.1 Å². The number of rotatable bonds is 3. The Labute approximate surface area is 115 Å². The summed E-state index contributed by atoms with van der Waals surface area (Å²) in [6.45, 7) is 4.30. The summed E-state index contributed by atoms with van der Waals surface area (Å²) in [5.41, 5.74) is -0.297. The van der Waals surface area contributed by atoms with Crippen molar-refractivity contribution in [1.29, 1.82) is 0 Å². The van der Waals surface area contributed by atoms with E-state index in [2.05, 4.69) is 10.3 Å². The number of aryl methyl sites for hydroxylation is 1. The van der Waals surface area contributed by atoms with Crippen molar-refractivity contribution in [1.82, 2.24) is 15.2 Å². The highest BCUT2D eigenvalue weighted by molar-refractivity contribution is 7.09. The predicted molar refractivity (Wildman–Crippen MR) is 71.1 cm³/mol. The van der Waals surface area contributed by atoms with E-state index >= 15 is 0 Å². The topological polar surface area (TPSA) is 82.5 Å². The van der Waals surface area contributed by atoms with Crippen LogP contribution < -0.4 is 5.32 Å². The number of likely N-dealkylation sites (tertiary alicyclic amines) is 1. The molecule has 2 amide bonds. The lowest BCUT2D eigenvalue weighted by Gasteiger charge is -2.31. The Hall–Kier alpha value is -1.63. The maximum atomic E-state index is 12.1. The van der Waals surface area contributed by atoms with E-state index in [9.17, 15) is 14.7 Å². The van der Waals surface area contributed by atoms with Gasteiger partial charge in [-0.1, -0.05) is 0 Å². The lowest BCUT2D eigenvalue weighted by atomic mass is 10.00. The summed E-state index contributed by atoms with van der Waals surface area (Å²) in [5.74, 6) is -0.954. The molecule has 0 spiro atoms. The Balaban J connectivity index is 1.98. The number of carbonyl (C=O) groups excluding carboxylic acids is 1.